The fourth-order valence-electron chi connectivity index (χ4n) is 2.65. The summed E-state index contributed by atoms with van der Waals surface area (Å²) in [5.41, 5.74) is 0. The van der Waals surface area contributed by atoms with Gasteiger partial charge in [-0.3, -0.25) is 4.79 Å². The third-order valence-corrected chi connectivity index (χ3v) is 3.77. The maximum absolute atomic E-state index is 12.2. The molecule has 3 heterocycles. The summed E-state index contributed by atoms with van der Waals surface area (Å²) in [6, 6.07) is 3.54. The Morgan fingerprint density at radius 1 is 1.52 bits per heavy atom. The Bertz CT molecular complexity index is 591. The quantitative estimate of drug-likeness (QED) is 0.864. The number of amides is 1. The number of carbonyl (C=O) groups excluding carboxylic acids is 1. The van der Waals surface area contributed by atoms with Crippen LogP contribution in [0.25, 0.3) is 11.6 Å². The van der Waals surface area contributed by atoms with Gasteiger partial charge in [0.15, 0.2) is 5.76 Å². The van der Waals surface area contributed by atoms with Crippen LogP contribution in [-0.2, 0) is 11.2 Å². The van der Waals surface area contributed by atoms with Crippen LogP contribution in [0.3, 0.4) is 0 Å². The van der Waals surface area contributed by atoms with Crippen LogP contribution < -0.4 is 0 Å². The highest BCUT2D eigenvalue weighted by molar-refractivity contribution is 5.76. The first-order valence-electron chi connectivity index (χ1n) is 7.36. The van der Waals surface area contributed by atoms with E-state index in [4.69, 9.17) is 8.94 Å². The number of rotatable bonds is 4. The summed E-state index contributed by atoms with van der Waals surface area (Å²) in [5.74, 6) is 2.23. The smallest absolute Gasteiger partial charge is 0.238 e. The fourth-order valence-corrected chi connectivity index (χ4v) is 2.65. The summed E-state index contributed by atoms with van der Waals surface area (Å²) < 4.78 is 10.4. The molecule has 2 aromatic heterocycles. The zero-order valence-corrected chi connectivity index (χ0v) is 12.1. The lowest BCUT2D eigenvalue weighted by molar-refractivity contribution is -0.132. The average molecular weight is 289 g/mol. The Hall–Kier alpha value is -2.11. The van der Waals surface area contributed by atoms with Crippen molar-refractivity contribution in [1.82, 2.24) is 15.0 Å². The van der Waals surface area contributed by atoms with Crippen LogP contribution >= 0.6 is 0 Å². The highest BCUT2D eigenvalue weighted by Gasteiger charge is 2.21. The van der Waals surface area contributed by atoms with Gasteiger partial charge < -0.3 is 13.8 Å². The van der Waals surface area contributed by atoms with Gasteiger partial charge in [0.25, 0.3) is 0 Å². The second-order valence-electron chi connectivity index (χ2n) is 5.58. The summed E-state index contributed by atoms with van der Waals surface area (Å²) in [5, 5.41) is 3.86. The number of furan rings is 1. The molecule has 112 valence electrons. The van der Waals surface area contributed by atoms with Gasteiger partial charge in [0.1, 0.15) is 0 Å². The van der Waals surface area contributed by atoms with E-state index >= 15 is 0 Å². The Balaban J connectivity index is 1.54. The van der Waals surface area contributed by atoms with Crippen molar-refractivity contribution < 1.29 is 13.7 Å². The minimum absolute atomic E-state index is 0.166. The third kappa shape index (κ3) is 3.32. The summed E-state index contributed by atoms with van der Waals surface area (Å²) in [7, 11) is 0. The molecule has 0 N–H and O–H groups in total. The van der Waals surface area contributed by atoms with Crippen LogP contribution in [0.5, 0.6) is 0 Å². The minimum Gasteiger partial charge on any atom is -0.461 e. The lowest BCUT2D eigenvalue weighted by atomic mass is 10.00. The van der Waals surface area contributed by atoms with Gasteiger partial charge in [0, 0.05) is 25.9 Å². The Kier molecular flexibility index (Phi) is 4.03. The van der Waals surface area contributed by atoms with Crippen molar-refractivity contribution in [1.29, 1.82) is 0 Å². The van der Waals surface area contributed by atoms with Gasteiger partial charge in [0.2, 0.25) is 17.6 Å². The Labute approximate surface area is 123 Å². The number of hydrogen-bond acceptors (Lipinski definition) is 5. The van der Waals surface area contributed by atoms with E-state index in [1.807, 2.05) is 4.90 Å². The highest BCUT2D eigenvalue weighted by Crippen LogP contribution is 2.18. The molecular formula is C15H19N3O3. The fraction of sp³-hybridized carbons (Fsp3) is 0.533. The van der Waals surface area contributed by atoms with Crippen molar-refractivity contribution >= 4 is 5.91 Å². The van der Waals surface area contributed by atoms with E-state index in [-0.39, 0.29) is 5.91 Å². The molecule has 21 heavy (non-hydrogen) atoms. The molecule has 1 fully saturated rings. The Morgan fingerprint density at radius 2 is 2.43 bits per heavy atom. The monoisotopic (exact) mass is 289 g/mol. The van der Waals surface area contributed by atoms with Crippen LogP contribution in [0.4, 0.5) is 0 Å². The van der Waals surface area contributed by atoms with E-state index in [1.165, 1.54) is 6.42 Å². The molecule has 0 bridgehead atoms. The zero-order chi connectivity index (χ0) is 14.7. The second-order valence-corrected chi connectivity index (χ2v) is 5.58. The molecular weight excluding hydrogens is 270 g/mol. The van der Waals surface area contributed by atoms with Gasteiger partial charge in [-0.15, -0.1) is 0 Å². The topological polar surface area (TPSA) is 72.4 Å². The van der Waals surface area contributed by atoms with Gasteiger partial charge in [-0.1, -0.05) is 12.1 Å². The number of likely N-dealkylation sites (tertiary alicyclic amines) is 1. The molecule has 0 aliphatic carbocycles. The minimum atomic E-state index is 0.166. The van der Waals surface area contributed by atoms with Crippen molar-refractivity contribution in [3.63, 3.8) is 0 Å². The van der Waals surface area contributed by atoms with Crippen molar-refractivity contribution in [2.75, 3.05) is 13.1 Å². The van der Waals surface area contributed by atoms with E-state index in [1.54, 1.807) is 18.4 Å². The number of hydrogen-bond donors (Lipinski definition) is 0. The standard InChI is InChI=1S/C15H19N3O3/c1-11-4-2-8-18(10-11)14(19)7-6-13-16-15(17-21-13)12-5-3-9-20-12/h3,5,9,11H,2,4,6-8,10H2,1H3. The van der Waals surface area contributed by atoms with E-state index in [0.717, 1.165) is 19.5 Å². The Morgan fingerprint density at radius 3 is 3.19 bits per heavy atom. The first-order valence-corrected chi connectivity index (χ1v) is 7.36. The lowest BCUT2D eigenvalue weighted by Crippen LogP contribution is -2.39. The first-order chi connectivity index (χ1) is 10.2. The van der Waals surface area contributed by atoms with Crippen LogP contribution in [0, 0.1) is 5.92 Å². The van der Waals surface area contributed by atoms with Crippen LogP contribution in [0.1, 0.15) is 32.1 Å². The normalized spacial score (nSPS) is 18.9. The van der Waals surface area contributed by atoms with E-state index in [9.17, 15) is 4.79 Å². The number of nitrogens with zero attached hydrogens (tertiary/aromatic N) is 3. The van der Waals surface area contributed by atoms with E-state index in [0.29, 0.717) is 36.2 Å². The summed E-state index contributed by atoms with van der Waals surface area (Å²) in [6.07, 6.45) is 4.74. The molecule has 2 aromatic rings. The molecule has 1 saturated heterocycles. The average Bonchev–Trinajstić information content (AvgIpc) is 3.15. The van der Waals surface area contributed by atoms with Crippen molar-refractivity contribution in [3.05, 3.63) is 24.3 Å². The number of piperidine rings is 1. The van der Waals surface area contributed by atoms with Crippen molar-refractivity contribution in [2.45, 2.75) is 32.6 Å². The SMILES string of the molecule is CC1CCCN(C(=O)CCc2nc(-c3ccco3)no2)C1. The van der Waals surface area contributed by atoms with Gasteiger partial charge in [-0.05, 0) is 30.9 Å². The highest BCUT2D eigenvalue weighted by atomic mass is 16.5. The number of aromatic nitrogens is 2. The van der Waals surface area contributed by atoms with Gasteiger partial charge in [0.05, 0.1) is 6.26 Å². The van der Waals surface area contributed by atoms with Crippen molar-refractivity contribution in [2.24, 2.45) is 5.92 Å². The molecule has 6 heteroatoms. The van der Waals surface area contributed by atoms with Gasteiger partial charge >= 0.3 is 0 Å². The number of aryl methyl sites for hydroxylation is 1. The predicted molar refractivity (Wildman–Crippen MR) is 75.3 cm³/mol. The molecule has 0 aromatic carbocycles. The second kappa shape index (κ2) is 6.11. The molecule has 1 aliphatic heterocycles. The summed E-state index contributed by atoms with van der Waals surface area (Å²) in [6.45, 7) is 3.91. The first kappa shape index (κ1) is 13.9. The molecule has 0 radical (unpaired) electrons. The molecule has 3 rings (SSSR count). The van der Waals surface area contributed by atoms with E-state index in [2.05, 4.69) is 17.1 Å². The number of carbonyl (C=O) groups is 1. The maximum Gasteiger partial charge on any atom is 0.238 e. The van der Waals surface area contributed by atoms with Crippen LogP contribution in [0.15, 0.2) is 27.3 Å². The largest absolute Gasteiger partial charge is 0.461 e. The van der Waals surface area contributed by atoms with Crippen molar-refractivity contribution in [3.8, 4) is 11.6 Å². The maximum atomic E-state index is 12.2. The molecule has 0 saturated carbocycles. The molecule has 1 atom stereocenters. The molecule has 1 unspecified atom stereocenters. The van der Waals surface area contributed by atoms with Crippen LogP contribution in [-0.4, -0.2) is 34.0 Å². The van der Waals surface area contributed by atoms with E-state index < -0.39 is 0 Å². The molecule has 1 aliphatic rings. The van der Waals surface area contributed by atoms with Crippen LogP contribution in [0.2, 0.25) is 0 Å². The van der Waals surface area contributed by atoms with Gasteiger partial charge in [-0.25, -0.2) is 0 Å². The zero-order valence-electron chi connectivity index (χ0n) is 12.1. The predicted octanol–water partition coefficient (Wildman–Crippen LogP) is 2.52. The molecule has 1 amide bonds. The third-order valence-electron chi connectivity index (χ3n) is 3.77. The summed E-state index contributed by atoms with van der Waals surface area (Å²) >= 11 is 0. The summed E-state index contributed by atoms with van der Waals surface area (Å²) in [4.78, 5) is 18.4. The molecule has 6 nitrogen and oxygen atoms in total. The lowest BCUT2D eigenvalue weighted by Gasteiger charge is -2.30. The van der Waals surface area contributed by atoms with Gasteiger partial charge in [-0.2, -0.15) is 4.98 Å². The molecule has 0 spiro atoms.